The van der Waals surface area contributed by atoms with E-state index in [0.717, 1.165) is 35.4 Å². The smallest absolute Gasteiger partial charge is 0.202 e. The maximum Gasteiger partial charge on any atom is 0.202 e. The third-order valence-electron chi connectivity index (χ3n) is 3.45. The first-order valence-electron chi connectivity index (χ1n) is 6.72. The molecule has 4 nitrogen and oxygen atoms in total. The minimum atomic E-state index is -0.271. The highest BCUT2D eigenvalue weighted by atomic mass is 79.9. The Morgan fingerprint density at radius 3 is 2.39 bits per heavy atom. The van der Waals surface area contributed by atoms with Gasteiger partial charge in [0.15, 0.2) is 0 Å². The van der Waals surface area contributed by atoms with Crippen molar-refractivity contribution in [2.24, 2.45) is 0 Å². The van der Waals surface area contributed by atoms with Crippen molar-refractivity contribution in [3.05, 3.63) is 16.1 Å². The molecule has 0 spiro atoms. The highest BCUT2D eigenvalue weighted by Crippen LogP contribution is 2.34. The summed E-state index contributed by atoms with van der Waals surface area (Å²) in [6.45, 7) is 7.87. The predicted molar refractivity (Wildman–Crippen MR) is 73.6 cm³/mol. The predicted octanol–water partition coefficient (Wildman–Crippen LogP) is 3.61. The molecule has 0 aliphatic carbocycles. The third kappa shape index (κ3) is 2.49. The average molecular weight is 317 g/mol. The first-order chi connectivity index (χ1) is 8.72. The van der Waals surface area contributed by atoms with Crippen molar-refractivity contribution in [2.75, 3.05) is 13.2 Å². The average Bonchev–Trinajstić information content (AvgIpc) is 2.98. The zero-order chi connectivity index (χ0) is 13.1. The monoisotopic (exact) mass is 316 g/mol. The van der Waals surface area contributed by atoms with Crippen molar-refractivity contribution in [3.8, 4) is 0 Å². The molecule has 1 aliphatic rings. The molecule has 2 rings (SSSR count). The molecule has 102 valence electrons. The molecule has 2 heterocycles. The van der Waals surface area contributed by atoms with E-state index in [0.29, 0.717) is 19.3 Å². The molecule has 1 aliphatic heterocycles. The van der Waals surface area contributed by atoms with Gasteiger partial charge >= 0.3 is 0 Å². The SMILES string of the molecule is CCc1nc(Br)c(C2OCCO2)n1C(CC)CC. The van der Waals surface area contributed by atoms with Gasteiger partial charge in [-0.15, -0.1) is 0 Å². The number of ether oxygens (including phenoxy) is 2. The van der Waals surface area contributed by atoms with Crippen LogP contribution in [0, 0.1) is 0 Å². The van der Waals surface area contributed by atoms with Gasteiger partial charge in [-0.25, -0.2) is 4.98 Å². The van der Waals surface area contributed by atoms with Crippen LogP contribution in [0.3, 0.4) is 0 Å². The van der Waals surface area contributed by atoms with E-state index in [1.54, 1.807) is 0 Å². The Bertz CT molecular complexity index is 396. The van der Waals surface area contributed by atoms with E-state index in [9.17, 15) is 0 Å². The van der Waals surface area contributed by atoms with E-state index in [-0.39, 0.29) is 6.29 Å². The summed E-state index contributed by atoms with van der Waals surface area (Å²) in [5, 5.41) is 0. The molecule has 1 aromatic rings. The van der Waals surface area contributed by atoms with Crippen LogP contribution in [0.2, 0.25) is 0 Å². The highest BCUT2D eigenvalue weighted by Gasteiger charge is 2.29. The van der Waals surface area contributed by atoms with Crippen LogP contribution in [0.5, 0.6) is 0 Å². The molecule has 1 aromatic heterocycles. The first-order valence-corrected chi connectivity index (χ1v) is 7.51. The molecule has 5 heteroatoms. The van der Waals surface area contributed by atoms with E-state index in [1.807, 2.05) is 0 Å². The summed E-state index contributed by atoms with van der Waals surface area (Å²) >= 11 is 3.55. The summed E-state index contributed by atoms with van der Waals surface area (Å²) in [6.07, 6.45) is 2.83. The van der Waals surface area contributed by atoms with E-state index in [2.05, 4.69) is 46.3 Å². The van der Waals surface area contributed by atoms with Gasteiger partial charge in [0.05, 0.1) is 13.2 Å². The van der Waals surface area contributed by atoms with Gasteiger partial charge in [0.25, 0.3) is 0 Å². The summed E-state index contributed by atoms with van der Waals surface area (Å²) in [4.78, 5) is 4.61. The maximum atomic E-state index is 5.64. The molecular weight excluding hydrogens is 296 g/mol. The molecule has 1 fully saturated rings. The molecule has 0 bridgehead atoms. The van der Waals surface area contributed by atoms with Gasteiger partial charge in [0.2, 0.25) is 6.29 Å². The lowest BCUT2D eigenvalue weighted by atomic mass is 10.1. The Labute approximate surface area is 117 Å². The maximum absolute atomic E-state index is 5.64. The van der Waals surface area contributed by atoms with Crippen LogP contribution in [0.15, 0.2) is 4.60 Å². The van der Waals surface area contributed by atoms with Crippen LogP contribution in [0.25, 0.3) is 0 Å². The fourth-order valence-electron chi connectivity index (χ4n) is 2.50. The van der Waals surface area contributed by atoms with E-state index in [1.165, 1.54) is 0 Å². The largest absolute Gasteiger partial charge is 0.345 e. The number of rotatable bonds is 5. The van der Waals surface area contributed by atoms with Gasteiger partial charge in [0.1, 0.15) is 16.1 Å². The summed E-state index contributed by atoms with van der Waals surface area (Å²) in [7, 11) is 0. The fourth-order valence-corrected chi connectivity index (χ4v) is 3.08. The lowest BCUT2D eigenvalue weighted by Gasteiger charge is -2.22. The highest BCUT2D eigenvalue weighted by molar-refractivity contribution is 9.10. The van der Waals surface area contributed by atoms with Crippen LogP contribution >= 0.6 is 15.9 Å². The van der Waals surface area contributed by atoms with Gasteiger partial charge in [-0.1, -0.05) is 20.8 Å². The number of aryl methyl sites for hydroxylation is 1. The van der Waals surface area contributed by atoms with Crippen molar-refractivity contribution < 1.29 is 9.47 Å². The third-order valence-corrected chi connectivity index (χ3v) is 4.03. The molecule has 0 saturated carbocycles. The zero-order valence-corrected chi connectivity index (χ0v) is 12.9. The molecule has 0 unspecified atom stereocenters. The van der Waals surface area contributed by atoms with Gasteiger partial charge < -0.3 is 14.0 Å². The molecule has 0 radical (unpaired) electrons. The molecule has 0 atom stereocenters. The van der Waals surface area contributed by atoms with Gasteiger partial charge in [-0.2, -0.15) is 0 Å². The number of halogens is 1. The van der Waals surface area contributed by atoms with Crippen LogP contribution in [-0.4, -0.2) is 22.8 Å². The number of imidazole rings is 1. The van der Waals surface area contributed by atoms with Crippen LogP contribution in [0.4, 0.5) is 0 Å². The molecular formula is C13H21BrN2O2. The number of nitrogens with zero attached hydrogens (tertiary/aromatic N) is 2. The molecule has 1 saturated heterocycles. The minimum absolute atomic E-state index is 0.271. The van der Waals surface area contributed by atoms with Crippen LogP contribution in [-0.2, 0) is 15.9 Å². The Hall–Kier alpha value is -0.390. The van der Waals surface area contributed by atoms with Crippen LogP contribution < -0.4 is 0 Å². The van der Waals surface area contributed by atoms with Gasteiger partial charge in [-0.3, -0.25) is 0 Å². The molecule has 0 amide bonds. The standard InChI is InChI=1S/C13H21BrN2O2/c1-4-9(5-2)16-10(6-3)15-12(14)11(16)13-17-7-8-18-13/h9,13H,4-8H2,1-3H3. The van der Waals surface area contributed by atoms with Gasteiger partial charge in [-0.05, 0) is 28.8 Å². The molecule has 0 N–H and O–H groups in total. The second kappa shape index (κ2) is 6.17. The Morgan fingerprint density at radius 2 is 1.89 bits per heavy atom. The van der Waals surface area contributed by atoms with Crippen LogP contribution in [0.1, 0.15) is 57.5 Å². The summed E-state index contributed by atoms with van der Waals surface area (Å²) in [5.74, 6) is 1.10. The second-order valence-corrected chi connectivity index (χ2v) is 5.22. The Balaban J connectivity index is 2.45. The number of hydrogen-bond acceptors (Lipinski definition) is 3. The van der Waals surface area contributed by atoms with Crippen molar-refractivity contribution >= 4 is 15.9 Å². The zero-order valence-electron chi connectivity index (χ0n) is 11.3. The van der Waals surface area contributed by atoms with Gasteiger partial charge in [0, 0.05) is 12.5 Å². The lowest BCUT2D eigenvalue weighted by Crippen LogP contribution is -2.16. The summed E-state index contributed by atoms with van der Waals surface area (Å²) < 4.78 is 14.5. The van der Waals surface area contributed by atoms with E-state index in [4.69, 9.17) is 9.47 Å². The topological polar surface area (TPSA) is 36.3 Å². The van der Waals surface area contributed by atoms with Crippen molar-refractivity contribution in [3.63, 3.8) is 0 Å². The van der Waals surface area contributed by atoms with E-state index >= 15 is 0 Å². The second-order valence-electron chi connectivity index (χ2n) is 4.47. The Kier molecular flexibility index (Phi) is 4.81. The quantitative estimate of drug-likeness (QED) is 0.832. The normalized spacial score (nSPS) is 16.9. The fraction of sp³-hybridized carbons (Fsp3) is 0.769. The minimum Gasteiger partial charge on any atom is -0.345 e. The van der Waals surface area contributed by atoms with Crippen molar-refractivity contribution in [1.82, 2.24) is 9.55 Å². The van der Waals surface area contributed by atoms with E-state index < -0.39 is 0 Å². The number of aromatic nitrogens is 2. The first kappa shape index (κ1) is 14.0. The molecule has 0 aromatic carbocycles. The van der Waals surface area contributed by atoms with Crippen molar-refractivity contribution in [1.29, 1.82) is 0 Å². The lowest BCUT2D eigenvalue weighted by molar-refractivity contribution is -0.0513. The molecule has 18 heavy (non-hydrogen) atoms. The van der Waals surface area contributed by atoms with Crippen molar-refractivity contribution in [2.45, 2.75) is 52.4 Å². The summed E-state index contributed by atoms with van der Waals surface area (Å²) in [6, 6.07) is 0.460. The Morgan fingerprint density at radius 1 is 1.28 bits per heavy atom. The summed E-state index contributed by atoms with van der Waals surface area (Å²) in [5.41, 5.74) is 1.04. The number of hydrogen-bond donors (Lipinski definition) is 0.